The Morgan fingerprint density at radius 1 is 1.29 bits per heavy atom. The molecule has 0 bridgehead atoms. The Labute approximate surface area is 170 Å². The van der Waals surface area contributed by atoms with Gasteiger partial charge in [0.25, 0.3) is 5.91 Å². The first-order chi connectivity index (χ1) is 13.5. The fraction of sp³-hybridized carbons (Fsp3) is 0.250. The van der Waals surface area contributed by atoms with Gasteiger partial charge >= 0.3 is 0 Å². The van der Waals surface area contributed by atoms with Crippen LogP contribution < -0.4 is 4.74 Å². The van der Waals surface area contributed by atoms with Crippen molar-refractivity contribution >= 4 is 21.8 Å². The van der Waals surface area contributed by atoms with E-state index in [4.69, 9.17) is 9.26 Å². The SMILES string of the molecule is CC[C@@H](Oc1ccc(F)cc1)C(=O)N(C)Cc1nc(-c2cccc(Br)c2)no1. The van der Waals surface area contributed by atoms with Crippen molar-refractivity contribution in [3.8, 4) is 17.1 Å². The first-order valence-corrected chi connectivity index (χ1v) is 9.51. The molecule has 0 saturated carbocycles. The number of carbonyl (C=O) groups is 1. The average molecular weight is 448 g/mol. The number of benzene rings is 2. The lowest BCUT2D eigenvalue weighted by Gasteiger charge is -2.22. The molecular formula is C20H19BrFN3O3. The van der Waals surface area contributed by atoms with Gasteiger partial charge in [-0.3, -0.25) is 4.79 Å². The Hall–Kier alpha value is -2.74. The molecule has 0 aliphatic rings. The summed E-state index contributed by atoms with van der Waals surface area (Å²) in [6.07, 6.45) is -0.226. The molecule has 1 heterocycles. The minimum atomic E-state index is -0.692. The molecule has 0 aliphatic heterocycles. The van der Waals surface area contributed by atoms with E-state index in [1.54, 1.807) is 7.05 Å². The number of aromatic nitrogens is 2. The lowest BCUT2D eigenvalue weighted by atomic mass is 10.2. The van der Waals surface area contributed by atoms with Gasteiger partial charge in [0.05, 0.1) is 6.54 Å². The van der Waals surface area contributed by atoms with Crippen LogP contribution in [0.25, 0.3) is 11.4 Å². The summed E-state index contributed by atoms with van der Waals surface area (Å²) in [5.41, 5.74) is 0.810. The summed E-state index contributed by atoms with van der Waals surface area (Å²) in [5, 5.41) is 3.97. The van der Waals surface area contributed by atoms with Crippen LogP contribution in [0.5, 0.6) is 5.75 Å². The van der Waals surface area contributed by atoms with E-state index in [0.29, 0.717) is 23.9 Å². The minimum absolute atomic E-state index is 0.156. The van der Waals surface area contributed by atoms with Gasteiger partial charge in [0.15, 0.2) is 6.10 Å². The fourth-order valence-corrected chi connectivity index (χ4v) is 2.98. The molecule has 28 heavy (non-hydrogen) atoms. The first kappa shape index (κ1) is 20.0. The molecule has 0 aliphatic carbocycles. The van der Waals surface area contributed by atoms with Crippen LogP contribution in [0.2, 0.25) is 0 Å². The first-order valence-electron chi connectivity index (χ1n) is 8.72. The number of ether oxygens (including phenoxy) is 1. The summed E-state index contributed by atoms with van der Waals surface area (Å²) < 4.78 is 24.9. The van der Waals surface area contributed by atoms with Crippen molar-refractivity contribution in [1.82, 2.24) is 15.0 Å². The van der Waals surface area contributed by atoms with Crippen molar-refractivity contribution in [2.75, 3.05) is 7.05 Å². The molecule has 146 valence electrons. The molecular weight excluding hydrogens is 429 g/mol. The van der Waals surface area contributed by atoms with E-state index in [0.717, 1.165) is 10.0 Å². The zero-order valence-electron chi connectivity index (χ0n) is 15.4. The molecule has 0 spiro atoms. The van der Waals surface area contributed by atoms with Crippen molar-refractivity contribution < 1.29 is 18.4 Å². The molecule has 1 amide bonds. The third-order valence-electron chi connectivity index (χ3n) is 4.04. The normalized spacial score (nSPS) is 11.9. The van der Waals surface area contributed by atoms with Gasteiger partial charge in [-0.25, -0.2) is 4.39 Å². The Morgan fingerprint density at radius 2 is 2.04 bits per heavy atom. The van der Waals surface area contributed by atoms with Gasteiger partial charge in [-0.2, -0.15) is 4.98 Å². The lowest BCUT2D eigenvalue weighted by molar-refractivity contribution is -0.138. The van der Waals surface area contributed by atoms with Gasteiger partial charge in [-0.05, 0) is 42.8 Å². The number of halogens is 2. The van der Waals surface area contributed by atoms with E-state index >= 15 is 0 Å². The van der Waals surface area contributed by atoms with Crippen molar-refractivity contribution in [1.29, 1.82) is 0 Å². The summed E-state index contributed by atoms with van der Waals surface area (Å²) in [6.45, 7) is 2.00. The largest absolute Gasteiger partial charge is 0.481 e. The van der Waals surface area contributed by atoms with Crippen molar-refractivity contribution in [3.05, 3.63) is 64.7 Å². The summed E-state index contributed by atoms with van der Waals surface area (Å²) >= 11 is 3.41. The third-order valence-corrected chi connectivity index (χ3v) is 4.53. The van der Waals surface area contributed by atoms with Crippen LogP contribution in [0.15, 0.2) is 57.5 Å². The number of hydrogen-bond acceptors (Lipinski definition) is 5. The molecule has 3 aromatic rings. The van der Waals surface area contributed by atoms with Crippen LogP contribution in [0.4, 0.5) is 4.39 Å². The molecule has 1 aromatic heterocycles. The van der Waals surface area contributed by atoms with E-state index in [1.165, 1.54) is 29.2 Å². The van der Waals surface area contributed by atoms with E-state index in [2.05, 4.69) is 26.1 Å². The maximum atomic E-state index is 13.0. The van der Waals surface area contributed by atoms with Gasteiger partial charge in [-0.15, -0.1) is 0 Å². The van der Waals surface area contributed by atoms with Gasteiger partial charge in [-0.1, -0.05) is 40.1 Å². The Morgan fingerprint density at radius 3 is 2.71 bits per heavy atom. The second-order valence-electron chi connectivity index (χ2n) is 6.19. The van der Waals surface area contributed by atoms with Crippen LogP contribution in [0.1, 0.15) is 19.2 Å². The minimum Gasteiger partial charge on any atom is -0.481 e. The fourth-order valence-electron chi connectivity index (χ4n) is 2.58. The van der Waals surface area contributed by atoms with Crippen molar-refractivity contribution in [2.45, 2.75) is 26.0 Å². The Balaban J connectivity index is 1.65. The number of hydrogen-bond donors (Lipinski definition) is 0. The van der Waals surface area contributed by atoms with Crippen molar-refractivity contribution in [2.24, 2.45) is 0 Å². The zero-order valence-corrected chi connectivity index (χ0v) is 17.0. The van der Waals surface area contributed by atoms with Crippen molar-refractivity contribution in [3.63, 3.8) is 0 Å². The highest BCUT2D eigenvalue weighted by molar-refractivity contribution is 9.10. The number of nitrogens with zero attached hydrogens (tertiary/aromatic N) is 3. The molecule has 0 radical (unpaired) electrons. The van der Waals surface area contributed by atoms with Gasteiger partial charge in [0.1, 0.15) is 11.6 Å². The Bertz CT molecular complexity index is 946. The standard InChI is InChI=1S/C20H19BrFN3O3/c1-3-17(27-16-9-7-15(22)8-10-16)20(26)25(2)12-18-23-19(24-28-18)13-5-4-6-14(21)11-13/h4-11,17H,3,12H2,1-2H3/t17-/m1/s1. The topological polar surface area (TPSA) is 68.5 Å². The highest BCUT2D eigenvalue weighted by Crippen LogP contribution is 2.21. The maximum Gasteiger partial charge on any atom is 0.263 e. The summed E-state index contributed by atoms with van der Waals surface area (Å²) in [7, 11) is 1.64. The monoisotopic (exact) mass is 447 g/mol. The van der Waals surface area contributed by atoms with E-state index in [9.17, 15) is 9.18 Å². The molecule has 2 aromatic carbocycles. The zero-order chi connectivity index (χ0) is 20.1. The number of carbonyl (C=O) groups excluding carboxylic acids is 1. The van der Waals surface area contributed by atoms with E-state index in [-0.39, 0.29) is 18.3 Å². The molecule has 0 saturated heterocycles. The highest BCUT2D eigenvalue weighted by Gasteiger charge is 2.24. The predicted octanol–water partition coefficient (Wildman–Crippen LogP) is 4.45. The smallest absolute Gasteiger partial charge is 0.263 e. The average Bonchev–Trinajstić information content (AvgIpc) is 3.15. The van der Waals surface area contributed by atoms with Gasteiger partial charge < -0.3 is 14.2 Å². The lowest BCUT2D eigenvalue weighted by Crippen LogP contribution is -2.39. The molecule has 6 nitrogen and oxygen atoms in total. The predicted molar refractivity (Wildman–Crippen MR) is 105 cm³/mol. The molecule has 3 rings (SSSR count). The third kappa shape index (κ3) is 4.95. The van der Waals surface area contributed by atoms with Crippen LogP contribution in [0.3, 0.4) is 0 Å². The molecule has 0 N–H and O–H groups in total. The maximum absolute atomic E-state index is 13.0. The summed E-state index contributed by atoms with van der Waals surface area (Å²) in [4.78, 5) is 18.5. The van der Waals surface area contributed by atoms with Gasteiger partial charge in [0.2, 0.25) is 11.7 Å². The van der Waals surface area contributed by atoms with E-state index < -0.39 is 6.10 Å². The van der Waals surface area contributed by atoms with Crippen LogP contribution in [-0.4, -0.2) is 34.1 Å². The van der Waals surface area contributed by atoms with Crippen LogP contribution in [0, 0.1) is 5.82 Å². The number of amides is 1. The highest BCUT2D eigenvalue weighted by atomic mass is 79.9. The molecule has 8 heteroatoms. The number of rotatable bonds is 7. The summed E-state index contributed by atoms with van der Waals surface area (Å²) in [5.74, 6) is 0.620. The van der Waals surface area contributed by atoms with Crippen LogP contribution in [-0.2, 0) is 11.3 Å². The second kappa shape index (κ2) is 8.97. The van der Waals surface area contributed by atoms with Gasteiger partial charge in [0, 0.05) is 17.1 Å². The molecule has 0 unspecified atom stereocenters. The quantitative estimate of drug-likeness (QED) is 0.534. The number of likely N-dealkylation sites (N-methyl/N-ethyl adjacent to an activating group) is 1. The second-order valence-corrected chi connectivity index (χ2v) is 7.10. The summed E-state index contributed by atoms with van der Waals surface area (Å²) in [6, 6.07) is 13.1. The van der Waals surface area contributed by atoms with E-state index in [1.807, 2.05) is 31.2 Å². The molecule has 1 atom stereocenters. The Kier molecular flexibility index (Phi) is 6.41. The molecule has 0 fully saturated rings. The van der Waals surface area contributed by atoms with Crippen LogP contribution >= 0.6 is 15.9 Å².